The van der Waals surface area contributed by atoms with Crippen LogP contribution in [0, 0.1) is 13.8 Å². The highest BCUT2D eigenvalue weighted by Crippen LogP contribution is 2.12. The maximum absolute atomic E-state index is 12.2. The fourth-order valence-electron chi connectivity index (χ4n) is 2.46. The number of hydrogen-bond acceptors (Lipinski definition) is 4. The first kappa shape index (κ1) is 17.5. The van der Waals surface area contributed by atoms with Crippen LogP contribution in [0.15, 0.2) is 24.3 Å². The minimum Gasteiger partial charge on any atom is -0.480 e. The number of benzene rings is 1. The summed E-state index contributed by atoms with van der Waals surface area (Å²) >= 11 is 0. The van der Waals surface area contributed by atoms with Gasteiger partial charge in [0.15, 0.2) is 0 Å². The standard InChI is InChI=1S/C17H22N4O3/c1-11-15(12(2)21-20-11)7-4-8-18-17(24)13-5-3-6-14(9-13)19-10-16(22)23/h3,5-6,9,19H,4,7-8,10H2,1-2H3,(H,18,24)(H,20,21)(H,22,23). The van der Waals surface area contributed by atoms with E-state index < -0.39 is 5.97 Å². The van der Waals surface area contributed by atoms with Gasteiger partial charge in [0.1, 0.15) is 6.54 Å². The Morgan fingerprint density at radius 3 is 2.75 bits per heavy atom. The number of carboxylic acid groups (broad SMARTS) is 1. The molecule has 0 aliphatic carbocycles. The first-order chi connectivity index (χ1) is 11.5. The van der Waals surface area contributed by atoms with Crippen LogP contribution in [-0.2, 0) is 11.2 Å². The van der Waals surface area contributed by atoms with Crippen molar-refractivity contribution in [1.29, 1.82) is 0 Å². The summed E-state index contributed by atoms with van der Waals surface area (Å²) in [7, 11) is 0. The van der Waals surface area contributed by atoms with E-state index >= 15 is 0 Å². The van der Waals surface area contributed by atoms with Gasteiger partial charge in [0.05, 0.1) is 5.69 Å². The zero-order chi connectivity index (χ0) is 17.5. The van der Waals surface area contributed by atoms with Gasteiger partial charge in [-0.1, -0.05) is 6.07 Å². The highest BCUT2D eigenvalue weighted by Gasteiger charge is 2.08. The predicted octanol–water partition coefficient (Wildman–Crippen LogP) is 1.89. The molecule has 0 fully saturated rings. The number of amides is 1. The van der Waals surface area contributed by atoms with Crippen LogP contribution in [0.4, 0.5) is 5.69 Å². The van der Waals surface area contributed by atoms with Gasteiger partial charge in [0.2, 0.25) is 0 Å². The summed E-state index contributed by atoms with van der Waals surface area (Å²) in [6.07, 6.45) is 1.68. The summed E-state index contributed by atoms with van der Waals surface area (Å²) in [4.78, 5) is 22.7. The molecule has 0 atom stereocenters. The molecule has 7 heteroatoms. The smallest absolute Gasteiger partial charge is 0.322 e. The monoisotopic (exact) mass is 330 g/mol. The fourth-order valence-corrected chi connectivity index (χ4v) is 2.46. The summed E-state index contributed by atoms with van der Waals surface area (Å²) in [5.41, 5.74) is 4.37. The molecule has 4 N–H and O–H groups in total. The van der Waals surface area contributed by atoms with Crippen molar-refractivity contribution < 1.29 is 14.7 Å². The second-order valence-electron chi connectivity index (χ2n) is 5.60. The molecule has 128 valence electrons. The van der Waals surface area contributed by atoms with Crippen LogP contribution in [0.5, 0.6) is 0 Å². The molecule has 24 heavy (non-hydrogen) atoms. The molecule has 0 saturated heterocycles. The first-order valence-electron chi connectivity index (χ1n) is 7.81. The molecule has 0 unspecified atom stereocenters. The number of hydrogen-bond donors (Lipinski definition) is 4. The van der Waals surface area contributed by atoms with Gasteiger partial charge >= 0.3 is 5.97 Å². The van der Waals surface area contributed by atoms with Gasteiger partial charge in [-0.2, -0.15) is 5.10 Å². The summed E-state index contributed by atoms with van der Waals surface area (Å²) < 4.78 is 0. The maximum Gasteiger partial charge on any atom is 0.322 e. The van der Waals surface area contributed by atoms with Crippen LogP contribution in [0.3, 0.4) is 0 Å². The SMILES string of the molecule is Cc1n[nH]c(C)c1CCCNC(=O)c1cccc(NCC(=O)O)c1. The number of anilines is 1. The van der Waals surface area contributed by atoms with Gasteiger partial charge in [-0.25, -0.2) is 0 Å². The van der Waals surface area contributed by atoms with Gasteiger partial charge in [-0.15, -0.1) is 0 Å². The first-order valence-corrected chi connectivity index (χ1v) is 7.81. The Hall–Kier alpha value is -2.83. The summed E-state index contributed by atoms with van der Waals surface area (Å²) in [5, 5.41) is 21.4. The van der Waals surface area contributed by atoms with E-state index in [1.165, 1.54) is 5.56 Å². The van der Waals surface area contributed by atoms with Gasteiger partial charge < -0.3 is 15.7 Å². The van der Waals surface area contributed by atoms with Crippen molar-refractivity contribution in [3.8, 4) is 0 Å². The number of rotatable bonds is 8. The van der Waals surface area contributed by atoms with E-state index in [4.69, 9.17) is 5.11 Å². The number of aromatic nitrogens is 2. The second-order valence-corrected chi connectivity index (χ2v) is 5.60. The molecule has 0 spiro atoms. The molecule has 1 aromatic heterocycles. The quantitative estimate of drug-likeness (QED) is 0.553. The molecule has 1 amide bonds. The van der Waals surface area contributed by atoms with Crippen molar-refractivity contribution in [2.75, 3.05) is 18.4 Å². The molecule has 1 aromatic carbocycles. The lowest BCUT2D eigenvalue weighted by Gasteiger charge is -2.08. The Morgan fingerprint density at radius 1 is 1.29 bits per heavy atom. The zero-order valence-corrected chi connectivity index (χ0v) is 13.8. The number of carboxylic acids is 1. The Kier molecular flexibility index (Phi) is 5.95. The van der Waals surface area contributed by atoms with Gasteiger partial charge in [0, 0.05) is 23.5 Å². The molecule has 0 aliphatic heterocycles. The number of aryl methyl sites for hydroxylation is 2. The number of nitrogens with one attached hydrogen (secondary N) is 3. The van der Waals surface area contributed by atoms with E-state index in [2.05, 4.69) is 20.8 Å². The van der Waals surface area contributed by atoms with Gasteiger partial charge in [-0.05, 0) is 50.5 Å². The molecule has 0 radical (unpaired) electrons. The average molecular weight is 330 g/mol. The zero-order valence-electron chi connectivity index (χ0n) is 13.8. The molecule has 1 heterocycles. The summed E-state index contributed by atoms with van der Waals surface area (Å²) in [6, 6.07) is 6.79. The lowest BCUT2D eigenvalue weighted by Crippen LogP contribution is -2.25. The molecule has 0 bridgehead atoms. The molecule has 7 nitrogen and oxygen atoms in total. The van der Waals surface area contributed by atoms with E-state index in [0.29, 0.717) is 17.8 Å². The number of aliphatic carboxylic acids is 1. The molecular weight excluding hydrogens is 308 g/mol. The van der Waals surface area contributed by atoms with E-state index in [1.807, 2.05) is 13.8 Å². The average Bonchev–Trinajstić information content (AvgIpc) is 2.88. The largest absolute Gasteiger partial charge is 0.480 e. The van der Waals surface area contributed by atoms with Crippen molar-refractivity contribution in [2.24, 2.45) is 0 Å². The molecular formula is C17H22N4O3. The second kappa shape index (κ2) is 8.14. The number of carbonyl (C=O) groups excluding carboxylic acids is 1. The topological polar surface area (TPSA) is 107 Å². The van der Waals surface area contributed by atoms with Crippen LogP contribution in [0.2, 0.25) is 0 Å². The number of nitrogens with zero attached hydrogens (tertiary/aromatic N) is 1. The third-order valence-corrected chi connectivity index (χ3v) is 3.74. The van der Waals surface area contributed by atoms with Crippen LogP contribution in [-0.4, -0.2) is 40.3 Å². The summed E-state index contributed by atoms with van der Waals surface area (Å²) in [5.74, 6) is -1.12. The van der Waals surface area contributed by atoms with Gasteiger partial charge in [-0.3, -0.25) is 14.7 Å². The van der Waals surface area contributed by atoms with Crippen molar-refractivity contribution >= 4 is 17.6 Å². The summed E-state index contributed by atoms with van der Waals surface area (Å²) in [6.45, 7) is 4.33. The fraction of sp³-hybridized carbons (Fsp3) is 0.353. The molecule has 0 saturated carbocycles. The normalized spacial score (nSPS) is 10.4. The number of aromatic amines is 1. The van der Waals surface area contributed by atoms with E-state index in [-0.39, 0.29) is 12.5 Å². The minimum atomic E-state index is -0.949. The Bertz CT molecular complexity index is 705. The third kappa shape index (κ3) is 4.84. The highest BCUT2D eigenvalue weighted by atomic mass is 16.4. The predicted molar refractivity (Wildman–Crippen MR) is 91.3 cm³/mol. The van der Waals surface area contributed by atoms with Crippen LogP contribution in [0.25, 0.3) is 0 Å². The highest BCUT2D eigenvalue weighted by molar-refractivity contribution is 5.95. The van der Waals surface area contributed by atoms with Crippen LogP contribution >= 0.6 is 0 Å². The molecule has 0 aliphatic rings. The number of H-pyrrole nitrogens is 1. The van der Waals surface area contributed by atoms with Gasteiger partial charge in [0.25, 0.3) is 5.91 Å². The minimum absolute atomic E-state index is 0.172. The third-order valence-electron chi connectivity index (χ3n) is 3.74. The Morgan fingerprint density at radius 2 is 2.08 bits per heavy atom. The van der Waals surface area contributed by atoms with E-state index in [9.17, 15) is 9.59 Å². The maximum atomic E-state index is 12.2. The van der Waals surface area contributed by atoms with Crippen molar-refractivity contribution in [1.82, 2.24) is 15.5 Å². The van der Waals surface area contributed by atoms with Crippen LogP contribution < -0.4 is 10.6 Å². The van der Waals surface area contributed by atoms with E-state index in [0.717, 1.165) is 24.2 Å². The lowest BCUT2D eigenvalue weighted by molar-refractivity contribution is -0.134. The van der Waals surface area contributed by atoms with Crippen molar-refractivity contribution in [2.45, 2.75) is 26.7 Å². The van der Waals surface area contributed by atoms with Crippen LogP contribution in [0.1, 0.15) is 33.7 Å². The lowest BCUT2D eigenvalue weighted by atomic mass is 10.1. The van der Waals surface area contributed by atoms with E-state index in [1.54, 1.807) is 24.3 Å². The Labute approximate surface area is 140 Å². The molecule has 2 rings (SSSR count). The molecule has 2 aromatic rings. The van der Waals surface area contributed by atoms with Crippen molar-refractivity contribution in [3.05, 3.63) is 46.8 Å². The van der Waals surface area contributed by atoms with Crippen molar-refractivity contribution in [3.63, 3.8) is 0 Å². The Balaban J connectivity index is 1.82. The number of carbonyl (C=O) groups is 2.